The third kappa shape index (κ3) is 2.37. The molecule has 2 aromatic heterocycles. The highest BCUT2D eigenvalue weighted by Gasteiger charge is 2.12. The Kier molecular flexibility index (Phi) is 3.27. The number of aromatic nitrogens is 1. The van der Waals surface area contributed by atoms with Crippen molar-refractivity contribution in [1.29, 1.82) is 0 Å². The molecule has 0 aliphatic carbocycles. The summed E-state index contributed by atoms with van der Waals surface area (Å²) in [5.74, 6) is 2.07. The zero-order valence-electron chi connectivity index (χ0n) is 10.1. The van der Waals surface area contributed by atoms with Gasteiger partial charge < -0.3 is 9.15 Å². The van der Waals surface area contributed by atoms with Crippen molar-refractivity contribution >= 4 is 22.9 Å². The first-order valence-electron chi connectivity index (χ1n) is 5.61. The Morgan fingerprint density at radius 1 is 1.21 bits per heavy atom. The van der Waals surface area contributed by atoms with Crippen LogP contribution in [0.1, 0.15) is 0 Å². The molecule has 0 bridgehead atoms. The smallest absolute Gasteiger partial charge is 0.238 e. The van der Waals surface area contributed by atoms with Gasteiger partial charge in [0.2, 0.25) is 5.89 Å². The number of hydrogen-bond acceptors (Lipinski definition) is 4. The van der Waals surface area contributed by atoms with Gasteiger partial charge in [-0.1, -0.05) is 11.6 Å². The van der Waals surface area contributed by atoms with E-state index in [2.05, 4.69) is 4.98 Å². The van der Waals surface area contributed by atoms with Crippen molar-refractivity contribution in [3.05, 3.63) is 46.9 Å². The molecule has 0 N–H and O–H groups in total. The molecule has 0 radical (unpaired) electrons. The minimum absolute atomic E-state index is 0.547. The summed E-state index contributed by atoms with van der Waals surface area (Å²) in [5, 5.41) is 2.57. The van der Waals surface area contributed by atoms with E-state index in [0.29, 0.717) is 16.7 Å². The summed E-state index contributed by atoms with van der Waals surface area (Å²) in [6.07, 6.45) is 1.70. The number of nitrogens with zero attached hydrogens (tertiary/aromatic N) is 1. The minimum atomic E-state index is 0.547. The molecule has 0 unspecified atom stereocenters. The summed E-state index contributed by atoms with van der Waals surface area (Å²) in [7, 11) is 1.64. The van der Waals surface area contributed by atoms with Crippen molar-refractivity contribution < 1.29 is 9.15 Å². The van der Waals surface area contributed by atoms with Crippen molar-refractivity contribution in [3.8, 4) is 27.8 Å². The first-order chi connectivity index (χ1) is 9.28. The molecule has 2 heterocycles. The summed E-state index contributed by atoms with van der Waals surface area (Å²) in [6, 6.07) is 9.46. The lowest BCUT2D eigenvalue weighted by atomic mass is 10.2. The number of benzene rings is 1. The van der Waals surface area contributed by atoms with Gasteiger partial charge >= 0.3 is 0 Å². The van der Waals surface area contributed by atoms with Crippen LogP contribution in [0.4, 0.5) is 0 Å². The third-order valence-electron chi connectivity index (χ3n) is 2.69. The van der Waals surface area contributed by atoms with Gasteiger partial charge in [-0.2, -0.15) is 0 Å². The zero-order valence-corrected chi connectivity index (χ0v) is 11.7. The molecule has 3 nitrogen and oxygen atoms in total. The van der Waals surface area contributed by atoms with Gasteiger partial charge in [-0.15, -0.1) is 11.3 Å². The fourth-order valence-electron chi connectivity index (χ4n) is 1.71. The lowest BCUT2D eigenvalue weighted by molar-refractivity contribution is 0.415. The fraction of sp³-hybridized carbons (Fsp3) is 0.0714. The number of oxazole rings is 1. The van der Waals surface area contributed by atoms with Gasteiger partial charge in [-0.3, -0.25) is 0 Å². The lowest BCUT2D eigenvalue weighted by Crippen LogP contribution is -1.81. The number of halogens is 1. The van der Waals surface area contributed by atoms with Crippen LogP contribution in [0, 0.1) is 0 Å². The fourth-order valence-corrected chi connectivity index (χ4v) is 2.78. The average Bonchev–Trinajstić information content (AvgIpc) is 3.07. The Labute approximate surface area is 119 Å². The third-order valence-corrected chi connectivity index (χ3v) is 4.02. The van der Waals surface area contributed by atoms with E-state index in [9.17, 15) is 0 Å². The van der Waals surface area contributed by atoms with Crippen LogP contribution in [0.5, 0.6) is 5.75 Å². The average molecular weight is 292 g/mol. The van der Waals surface area contributed by atoms with Crippen LogP contribution < -0.4 is 4.74 Å². The van der Waals surface area contributed by atoms with Crippen molar-refractivity contribution in [1.82, 2.24) is 4.98 Å². The van der Waals surface area contributed by atoms with Crippen LogP contribution in [-0.4, -0.2) is 12.1 Å². The van der Waals surface area contributed by atoms with Gasteiger partial charge in [-0.25, -0.2) is 4.98 Å². The lowest BCUT2D eigenvalue weighted by Gasteiger charge is -2.00. The maximum Gasteiger partial charge on any atom is 0.238 e. The quantitative estimate of drug-likeness (QED) is 0.699. The van der Waals surface area contributed by atoms with Crippen molar-refractivity contribution in [2.45, 2.75) is 0 Å². The normalized spacial score (nSPS) is 10.6. The van der Waals surface area contributed by atoms with Gasteiger partial charge in [0, 0.05) is 5.56 Å². The van der Waals surface area contributed by atoms with Crippen LogP contribution in [0.2, 0.25) is 5.02 Å². The van der Waals surface area contributed by atoms with Crippen LogP contribution in [0.25, 0.3) is 22.1 Å². The topological polar surface area (TPSA) is 35.3 Å². The Hall–Kier alpha value is -1.78. The second-order valence-corrected chi connectivity index (χ2v) is 5.18. The summed E-state index contributed by atoms with van der Waals surface area (Å²) in [5.41, 5.74) is 0.951. The molecule has 3 rings (SSSR count). The summed E-state index contributed by atoms with van der Waals surface area (Å²) in [6.45, 7) is 0. The highest BCUT2D eigenvalue weighted by Crippen LogP contribution is 2.34. The molecule has 0 amide bonds. The Bertz CT molecular complexity index is 688. The predicted molar refractivity (Wildman–Crippen MR) is 76.8 cm³/mol. The second kappa shape index (κ2) is 5.07. The molecule has 0 saturated heterocycles. The van der Waals surface area contributed by atoms with Crippen LogP contribution in [0.15, 0.2) is 46.3 Å². The standard InChI is InChI=1S/C14H10ClNO2S/c1-17-10-4-2-9(3-5-10)12-8-16-14(18-12)13-11(15)6-7-19-13/h2-8H,1H3. The first kappa shape index (κ1) is 12.3. The Morgan fingerprint density at radius 2 is 2.00 bits per heavy atom. The molecule has 0 aliphatic rings. The van der Waals surface area contributed by atoms with Crippen molar-refractivity contribution in [2.75, 3.05) is 7.11 Å². The molecule has 3 aromatic rings. The van der Waals surface area contributed by atoms with E-state index in [1.54, 1.807) is 13.3 Å². The van der Waals surface area contributed by atoms with Gasteiger partial charge in [-0.05, 0) is 35.7 Å². The summed E-state index contributed by atoms with van der Waals surface area (Å²) < 4.78 is 10.9. The van der Waals surface area contributed by atoms with Crippen molar-refractivity contribution in [2.24, 2.45) is 0 Å². The number of hydrogen-bond donors (Lipinski definition) is 0. The molecular formula is C14H10ClNO2S. The predicted octanol–water partition coefficient (Wildman–Crippen LogP) is 4.73. The molecule has 0 atom stereocenters. The van der Waals surface area contributed by atoms with E-state index in [1.165, 1.54) is 11.3 Å². The maximum atomic E-state index is 6.06. The monoisotopic (exact) mass is 291 g/mol. The SMILES string of the molecule is COc1ccc(-c2cnc(-c3sccc3Cl)o2)cc1. The van der Waals surface area contributed by atoms with E-state index in [4.69, 9.17) is 20.8 Å². The molecule has 5 heteroatoms. The molecular weight excluding hydrogens is 282 g/mol. The van der Waals surface area contributed by atoms with Gasteiger partial charge in [0.1, 0.15) is 10.6 Å². The number of rotatable bonds is 3. The highest BCUT2D eigenvalue weighted by molar-refractivity contribution is 7.14. The molecule has 0 spiro atoms. The molecule has 1 aromatic carbocycles. The van der Waals surface area contributed by atoms with Crippen molar-refractivity contribution in [3.63, 3.8) is 0 Å². The largest absolute Gasteiger partial charge is 0.497 e. The van der Waals surface area contributed by atoms with Crippen LogP contribution >= 0.6 is 22.9 Å². The zero-order chi connectivity index (χ0) is 13.2. The molecule has 0 saturated carbocycles. The molecule has 96 valence electrons. The van der Waals surface area contributed by atoms with Crippen LogP contribution in [-0.2, 0) is 0 Å². The first-order valence-corrected chi connectivity index (χ1v) is 6.87. The van der Waals surface area contributed by atoms with Gasteiger partial charge in [0.05, 0.1) is 18.3 Å². The van der Waals surface area contributed by atoms with Crippen LogP contribution in [0.3, 0.4) is 0 Å². The van der Waals surface area contributed by atoms with E-state index in [-0.39, 0.29) is 0 Å². The minimum Gasteiger partial charge on any atom is -0.497 e. The number of methoxy groups -OCH3 is 1. The Morgan fingerprint density at radius 3 is 2.63 bits per heavy atom. The summed E-state index contributed by atoms with van der Waals surface area (Å²) >= 11 is 7.57. The van der Waals surface area contributed by atoms with E-state index in [0.717, 1.165) is 16.2 Å². The van der Waals surface area contributed by atoms with Gasteiger partial charge in [0.15, 0.2) is 5.76 Å². The van der Waals surface area contributed by atoms with E-state index >= 15 is 0 Å². The molecule has 0 fully saturated rings. The second-order valence-electron chi connectivity index (χ2n) is 3.86. The Balaban J connectivity index is 1.94. The maximum absolute atomic E-state index is 6.06. The highest BCUT2D eigenvalue weighted by atomic mass is 35.5. The summed E-state index contributed by atoms with van der Waals surface area (Å²) in [4.78, 5) is 5.12. The number of thiophene rings is 1. The molecule has 19 heavy (non-hydrogen) atoms. The van der Waals surface area contributed by atoms with E-state index < -0.39 is 0 Å². The van der Waals surface area contributed by atoms with E-state index in [1.807, 2.05) is 35.7 Å². The van der Waals surface area contributed by atoms with Gasteiger partial charge in [0.25, 0.3) is 0 Å². The molecule has 0 aliphatic heterocycles. The number of ether oxygens (including phenoxy) is 1.